The van der Waals surface area contributed by atoms with Crippen LogP contribution in [0.4, 0.5) is 5.69 Å². The summed E-state index contributed by atoms with van der Waals surface area (Å²) >= 11 is 3.38. The van der Waals surface area contributed by atoms with E-state index in [-0.39, 0.29) is 0 Å². The molecule has 0 saturated carbocycles. The second-order valence-electron chi connectivity index (χ2n) is 3.71. The van der Waals surface area contributed by atoms with Crippen molar-refractivity contribution in [2.75, 3.05) is 24.4 Å². The number of halogens is 1. The van der Waals surface area contributed by atoms with Crippen LogP contribution in [0.1, 0.15) is 6.42 Å². The molecule has 4 nitrogen and oxygen atoms in total. The van der Waals surface area contributed by atoms with Gasteiger partial charge in [-0.05, 0) is 34.5 Å². The minimum absolute atomic E-state index is 0.537. The van der Waals surface area contributed by atoms with E-state index >= 15 is 0 Å². The lowest BCUT2D eigenvalue weighted by Crippen LogP contribution is -2.48. The lowest BCUT2D eigenvalue weighted by atomic mass is 10.3. The Morgan fingerprint density at radius 3 is 2.62 bits per heavy atom. The molecule has 1 saturated heterocycles. The molecule has 0 spiro atoms. The molecular formula is C10H13BrN2O2S. The van der Waals surface area contributed by atoms with Crippen molar-refractivity contribution in [3.05, 3.63) is 28.7 Å². The molecule has 0 aromatic heterocycles. The predicted molar refractivity (Wildman–Crippen MR) is 67.7 cm³/mol. The predicted octanol–water partition coefficient (Wildman–Crippen LogP) is 1.84. The molecule has 1 fully saturated rings. The van der Waals surface area contributed by atoms with Crippen molar-refractivity contribution in [2.24, 2.45) is 0 Å². The average molecular weight is 305 g/mol. The van der Waals surface area contributed by atoms with Gasteiger partial charge in [0.25, 0.3) is 0 Å². The van der Waals surface area contributed by atoms with Gasteiger partial charge < -0.3 is 0 Å². The maximum atomic E-state index is 12.1. The molecule has 1 aliphatic heterocycles. The number of hydrogen-bond acceptors (Lipinski definition) is 2. The van der Waals surface area contributed by atoms with Crippen molar-refractivity contribution in [2.45, 2.75) is 6.42 Å². The highest BCUT2D eigenvalue weighted by Gasteiger charge is 2.31. The molecular weight excluding hydrogens is 292 g/mol. The summed E-state index contributed by atoms with van der Waals surface area (Å²) in [7, 11) is -1.73. The van der Waals surface area contributed by atoms with E-state index in [0.717, 1.165) is 10.9 Å². The van der Waals surface area contributed by atoms with Crippen molar-refractivity contribution >= 4 is 31.8 Å². The van der Waals surface area contributed by atoms with Crippen molar-refractivity contribution in [3.63, 3.8) is 0 Å². The van der Waals surface area contributed by atoms with Gasteiger partial charge in [0.1, 0.15) is 0 Å². The summed E-state index contributed by atoms with van der Waals surface area (Å²) < 4.78 is 27.8. The topological polar surface area (TPSA) is 40.6 Å². The first kappa shape index (κ1) is 11.9. The molecule has 0 bridgehead atoms. The number of para-hydroxylation sites is 1. The first-order chi connectivity index (χ1) is 7.53. The molecule has 0 atom stereocenters. The van der Waals surface area contributed by atoms with Crippen LogP contribution in [0.25, 0.3) is 0 Å². The van der Waals surface area contributed by atoms with Crippen LogP contribution in [0.3, 0.4) is 0 Å². The maximum Gasteiger partial charge on any atom is 0.303 e. The molecule has 1 aromatic carbocycles. The zero-order valence-corrected chi connectivity index (χ0v) is 11.3. The molecule has 0 amide bonds. The molecule has 6 heteroatoms. The van der Waals surface area contributed by atoms with Crippen molar-refractivity contribution in [3.8, 4) is 0 Å². The lowest BCUT2D eigenvalue weighted by molar-refractivity contribution is 0.438. The fraction of sp³-hybridized carbons (Fsp3) is 0.400. The second-order valence-corrected chi connectivity index (χ2v) is 6.52. The van der Waals surface area contributed by atoms with Crippen LogP contribution in [0.5, 0.6) is 0 Å². The van der Waals surface area contributed by atoms with E-state index in [4.69, 9.17) is 0 Å². The molecule has 0 radical (unpaired) electrons. The summed E-state index contributed by atoms with van der Waals surface area (Å²) in [5.41, 5.74) is 0.703. The minimum Gasteiger partial charge on any atom is -0.256 e. The van der Waals surface area contributed by atoms with Gasteiger partial charge in [0.05, 0.1) is 5.69 Å². The Balaban J connectivity index is 2.45. The Kier molecular flexibility index (Phi) is 3.23. The quantitative estimate of drug-likeness (QED) is 0.794. The standard InChI is InChI=1S/C10H13BrN2O2S/c1-12-7-4-8-13(16(12,14)15)10-6-3-2-5-9(10)11/h2-3,5-6H,4,7-8H2,1H3. The fourth-order valence-corrected chi connectivity index (χ4v) is 3.81. The van der Waals surface area contributed by atoms with Gasteiger partial charge in [0, 0.05) is 24.6 Å². The monoisotopic (exact) mass is 304 g/mol. The van der Waals surface area contributed by atoms with Crippen LogP contribution in [0, 0.1) is 0 Å². The van der Waals surface area contributed by atoms with E-state index in [1.807, 2.05) is 18.2 Å². The smallest absolute Gasteiger partial charge is 0.256 e. The molecule has 1 aromatic rings. The van der Waals surface area contributed by atoms with Crippen LogP contribution in [-0.4, -0.2) is 32.9 Å². The zero-order chi connectivity index (χ0) is 11.8. The third kappa shape index (κ3) is 1.97. The van der Waals surface area contributed by atoms with Crippen LogP contribution >= 0.6 is 15.9 Å². The molecule has 1 heterocycles. The summed E-state index contributed by atoms with van der Waals surface area (Å²) in [5, 5.41) is 0. The highest BCUT2D eigenvalue weighted by Crippen LogP contribution is 2.30. The van der Waals surface area contributed by atoms with Gasteiger partial charge in [-0.3, -0.25) is 4.31 Å². The van der Waals surface area contributed by atoms with Crippen molar-refractivity contribution in [1.29, 1.82) is 0 Å². The molecule has 2 rings (SSSR count). The summed E-state index contributed by atoms with van der Waals surface area (Å²) in [6, 6.07) is 7.36. The van der Waals surface area contributed by atoms with Gasteiger partial charge >= 0.3 is 10.2 Å². The highest BCUT2D eigenvalue weighted by atomic mass is 79.9. The van der Waals surface area contributed by atoms with E-state index in [2.05, 4.69) is 15.9 Å². The first-order valence-electron chi connectivity index (χ1n) is 5.02. The summed E-state index contributed by atoms with van der Waals surface area (Å²) in [6.07, 6.45) is 0.844. The van der Waals surface area contributed by atoms with Crippen molar-refractivity contribution in [1.82, 2.24) is 4.31 Å². The zero-order valence-electron chi connectivity index (χ0n) is 8.93. The normalized spacial score (nSPS) is 21.0. The van der Waals surface area contributed by atoms with Crippen LogP contribution in [0.15, 0.2) is 28.7 Å². The second kappa shape index (κ2) is 4.35. The van der Waals surface area contributed by atoms with E-state index in [0.29, 0.717) is 18.8 Å². The number of benzene rings is 1. The Labute approximate surface area is 104 Å². The van der Waals surface area contributed by atoms with Gasteiger partial charge in [-0.1, -0.05) is 12.1 Å². The van der Waals surface area contributed by atoms with Gasteiger partial charge in [0.2, 0.25) is 0 Å². The Morgan fingerprint density at radius 2 is 1.94 bits per heavy atom. The molecule has 16 heavy (non-hydrogen) atoms. The third-order valence-corrected chi connectivity index (χ3v) is 5.20. The van der Waals surface area contributed by atoms with Gasteiger partial charge in [-0.25, -0.2) is 0 Å². The van der Waals surface area contributed by atoms with E-state index in [1.54, 1.807) is 13.1 Å². The van der Waals surface area contributed by atoms with Crippen LogP contribution in [-0.2, 0) is 10.2 Å². The molecule has 88 valence electrons. The Morgan fingerprint density at radius 1 is 1.25 bits per heavy atom. The number of nitrogens with zero attached hydrogens (tertiary/aromatic N) is 2. The highest BCUT2D eigenvalue weighted by molar-refractivity contribution is 9.10. The first-order valence-corrected chi connectivity index (χ1v) is 7.21. The fourth-order valence-electron chi connectivity index (χ4n) is 1.73. The summed E-state index contributed by atoms with van der Waals surface area (Å²) in [6.45, 7) is 1.12. The van der Waals surface area contributed by atoms with Crippen LogP contribution in [0.2, 0.25) is 0 Å². The van der Waals surface area contributed by atoms with Gasteiger partial charge in [-0.15, -0.1) is 0 Å². The SMILES string of the molecule is CN1CCCN(c2ccccc2Br)S1(=O)=O. The largest absolute Gasteiger partial charge is 0.303 e. The van der Waals surface area contributed by atoms with Crippen molar-refractivity contribution < 1.29 is 8.42 Å². The minimum atomic E-state index is -3.34. The summed E-state index contributed by atoms with van der Waals surface area (Å²) in [5.74, 6) is 0. The average Bonchev–Trinajstić information content (AvgIpc) is 2.24. The summed E-state index contributed by atoms with van der Waals surface area (Å²) in [4.78, 5) is 0. The molecule has 1 aliphatic rings. The molecule has 0 aliphatic carbocycles. The van der Waals surface area contributed by atoms with Gasteiger partial charge in [-0.2, -0.15) is 12.7 Å². The number of anilines is 1. The molecule has 0 N–H and O–H groups in total. The van der Waals surface area contributed by atoms with Gasteiger partial charge in [0.15, 0.2) is 0 Å². The van der Waals surface area contributed by atoms with E-state index in [9.17, 15) is 8.42 Å². The van der Waals surface area contributed by atoms with Crippen LogP contribution < -0.4 is 4.31 Å². The maximum absolute atomic E-state index is 12.1. The number of hydrogen-bond donors (Lipinski definition) is 0. The third-order valence-electron chi connectivity index (χ3n) is 2.63. The Hall–Kier alpha value is -0.590. The van der Waals surface area contributed by atoms with E-state index in [1.165, 1.54) is 8.61 Å². The lowest BCUT2D eigenvalue weighted by Gasteiger charge is -2.34. The van der Waals surface area contributed by atoms with E-state index < -0.39 is 10.2 Å². The Bertz CT molecular complexity index is 489. The number of rotatable bonds is 1. The molecule has 0 unspecified atom stereocenters.